The quantitative estimate of drug-likeness (QED) is 0.680. The highest BCUT2D eigenvalue weighted by atomic mass is 19.1. The van der Waals surface area contributed by atoms with Crippen LogP contribution < -0.4 is 5.32 Å². The van der Waals surface area contributed by atoms with Crippen molar-refractivity contribution in [1.29, 1.82) is 0 Å². The van der Waals surface area contributed by atoms with Crippen molar-refractivity contribution < 1.29 is 18.8 Å². The van der Waals surface area contributed by atoms with Gasteiger partial charge in [-0.1, -0.05) is 18.2 Å². The van der Waals surface area contributed by atoms with Crippen LogP contribution >= 0.6 is 0 Å². The lowest BCUT2D eigenvalue weighted by atomic mass is 10.1. The molecule has 0 saturated carbocycles. The van der Waals surface area contributed by atoms with Crippen molar-refractivity contribution in [2.24, 2.45) is 0 Å². The molecule has 7 heteroatoms. The molecule has 20 heavy (non-hydrogen) atoms. The third kappa shape index (κ3) is 5.21. The van der Waals surface area contributed by atoms with E-state index in [1.54, 1.807) is 26.8 Å². The van der Waals surface area contributed by atoms with Crippen LogP contribution in [0.1, 0.15) is 32.4 Å². The van der Waals surface area contributed by atoms with Crippen LogP contribution in [0.25, 0.3) is 0 Å². The summed E-state index contributed by atoms with van der Waals surface area (Å²) in [6.45, 7) is 4.37. The molecule has 0 aliphatic rings. The summed E-state index contributed by atoms with van der Waals surface area (Å²) in [5.41, 5.74) is -0.687. The summed E-state index contributed by atoms with van der Waals surface area (Å²) in [4.78, 5) is 21.7. The van der Waals surface area contributed by atoms with Crippen molar-refractivity contribution >= 4 is 6.09 Å². The van der Waals surface area contributed by atoms with Gasteiger partial charge in [-0.15, -0.1) is 0 Å². The maximum absolute atomic E-state index is 13.7. The van der Waals surface area contributed by atoms with E-state index in [9.17, 15) is 19.3 Å². The van der Waals surface area contributed by atoms with Gasteiger partial charge >= 0.3 is 6.09 Å². The highest BCUT2D eigenvalue weighted by Gasteiger charge is 2.25. The Balaban J connectivity index is 2.88. The average Bonchev–Trinajstić information content (AvgIpc) is 2.25. The maximum atomic E-state index is 13.7. The molecule has 1 N–H and O–H groups in total. The molecule has 0 saturated heterocycles. The number of nitrogens with zero attached hydrogens (tertiary/aromatic N) is 1. The largest absolute Gasteiger partial charge is 0.444 e. The summed E-state index contributed by atoms with van der Waals surface area (Å²) in [6.07, 6.45) is -0.826. The van der Waals surface area contributed by atoms with E-state index in [0.717, 1.165) is 0 Å². The van der Waals surface area contributed by atoms with Crippen molar-refractivity contribution in [3.8, 4) is 0 Å². The Hall–Kier alpha value is -2.18. The summed E-state index contributed by atoms with van der Waals surface area (Å²) in [5, 5.41) is 13.0. The summed E-state index contributed by atoms with van der Waals surface area (Å²) in [5.74, 6) is -0.615. The number of hydrogen-bond donors (Lipinski definition) is 1. The Labute approximate surface area is 116 Å². The van der Waals surface area contributed by atoms with Crippen molar-refractivity contribution in [2.75, 3.05) is 6.54 Å². The molecule has 1 aromatic rings. The fourth-order valence-corrected chi connectivity index (χ4v) is 1.58. The van der Waals surface area contributed by atoms with E-state index in [2.05, 4.69) is 5.32 Å². The van der Waals surface area contributed by atoms with Crippen molar-refractivity contribution in [3.05, 3.63) is 45.8 Å². The van der Waals surface area contributed by atoms with Crippen LogP contribution in [0.3, 0.4) is 0 Å². The molecule has 1 amide bonds. The molecule has 1 aromatic carbocycles. The number of nitro groups is 1. The van der Waals surface area contributed by atoms with Gasteiger partial charge in [0, 0.05) is 10.5 Å². The van der Waals surface area contributed by atoms with Crippen LogP contribution in [0, 0.1) is 15.9 Å². The Bertz CT molecular complexity index is 499. The molecule has 0 heterocycles. The zero-order chi connectivity index (χ0) is 15.3. The van der Waals surface area contributed by atoms with E-state index in [0.29, 0.717) is 0 Å². The van der Waals surface area contributed by atoms with E-state index in [1.165, 1.54) is 18.2 Å². The van der Waals surface area contributed by atoms with Gasteiger partial charge in [0.2, 0.25) is 6.54 Å². The molecule has 0 radical (unpaired) electrons. The van der Waals surface area contributed by atoms with Gasteiger partial charge < -0.3 is 10.1 Å². The van der Waals surface area contributed by atoms with E-state index in [4.69, 9.17) is 4.74 Å². The molecule has 0 aromatic heterocycles. The zero-order valence-electron chi connectivity index (χ0n) is 11.6. The van der Waals surface area contributed by atoms with Gasteiger partial charge in [0.25, 0.3) is 0 Å². The number of alkyl carbamates (subject to hydrolysis) is 1. The van der Waals surface area contributed by atoms with E-state index < -0.39 is 35.0 Å². The minimum atomic E-state index is -1.08. The van der Waals surface area contributed by atoms with Gasteiger partial charge in [0.1, 0.15) is 17.5 Å². The predicted molar refractivity (Wildman–Crippen MR) is 70.4 cm³/mol. The van der Waals surface area contributed by atoms with E-state index >= 15 is 0 Å². The normalized spacial score (nSPS) is 12.6. The highest BCUT2D eigenvalue weighted by molar-refractivity contribution is 5.68. The number of halogens is 1. The second-order valence-electron chi connectivity index (χ2n) is 5.24. The summed E-state index contributed by atoms with van der Waals surface area (Å²) in [6, 6.07) is 4.50. The molecule has 0 bridgehead atoms. The lowest BCUT2D eigenvalue weighted by Crippen LogP contribution is -2.37. The smallest absolute Gasteiger partial charge is 0.408 e. The second kappa shape index (κ2) is 6.31. The number of amides is 1. The van der Waals surface area contributed by atoms with Crippen LogP contribution in [0.5, 0.6) is 0 Å². The van der Waals surface area contributed by atoms with Crippen molar-refractivity contribution in [3.63, 3.8) is 0 Å². The zero-order valence-corrected chi connectivity index (χ0v) is 11.6. The first-order valence-electron chi connectivity index (χ1n) is 6.05. The van der Waals surface area contributed by atoms with E-state index in [-0.39, 0.29) is 5.56 Å². The van der Waals surface area contributed by atoms with Gasteiger partial charge in [0.15, 0.2) is 0 Å². The summed E-state index contributed by atoms with van der Waals surface area (Å²) < 4.78 is 18.7. The molecule has 0 spiro atoms. The fourth-order valence-electron chi connectivity index (χ4n) is 1.58. The maximum Gasteiger partial charge on any atom is 0.408 e. The predicted octanol–water partition coefficient (Wildman–Crippen LogP) is 2.67. The number of rotatable bonds is 4. The molecule has 0 aliphatic carbocycles. The van der Waals surface area contributed by atoms with Crippen molar-refractivity contribution in [2.45, 2.75) is 32.4 Å². The SMILES string of the molecule is CC(C)(C)OC(=O)N[C@H](C[N+](=O)[O-])c1ccccc1F. The lowest BCUT2D eigenvalue weighted by Gasteiger charge is -2.22. The highest BCUT2D eigenvalue weighted by Crippen LogP contribution is 2.18. The Kier molecular flexibility index (Phi) is 5.01. The summed E-state index contributed by atoms with van der Waals surface area (Å²) in [7, 11) is 0. The second-order valence-corrected chi connectivity index (χ2v) is 5.24. The minimum Gasteiger partial charge on any atom is -0.444 e. The van der Waals surface area contributed by atoms with Crippen LogP contribution in [0.15, 0.2) is 24.3 Å². The third-order valence-corrected chi connectivity index (χ3v) is 2.30. The van der Waals surface area contributed by atoms with Crippen LogP contribution in [0.4, 0.5) is 9.18 Å². The first kappa shape index (κ1) is 15.9. The van der Waals surface area contributed by atoms with Gasteiger partial charge in [-0.3, -0.25) is 10.1 Å². The number of ether oxygens (including phenoxy) is 1. The molecule has 1 atom stereocenters. The lowest BCUT2D eigenvalue weighted by molar-refractivity contribution is -0.484. The molecule has 6 nitrogen and oxygen atoms in total. The molecule has 0 aliphatic heterocycles. The van der Waals surface area contributed by atoms with Crippen LogP contribution in [-0.2, 0) is 4.74 Å². The first-order valence-corrected chi connectivity index (χ1v) is 6.05. The van der Waals surface area contributed by atoms with Gasteiger partial charge in [-0.2, -0.15) is 0 Å². The Morgan fingerprint density at radius 1 is 1.45 bits per heavy atom. The van der Waals surface area contributed by atoms with Crippen LogP contribution in [0.2, 0.25) is 0 Å². The molecule has 0 fully saturated rings. The molecule has 110 valence electrons. The molecular formula is C13H17FN2O4. The average molecular weight is 284 g/mol. The molecule has 1 rings (SSSR count). The topological polar surface area (TPSA) is 81.5 Å². The van der Waals surface area contributed by atoms with Crippen LogP contribution in [-0.4, -0.2) is 23.2 Å². The van der Waals surface area contributed by atoms with Gasteiger partial charge in [-0.05, 0) is 26.8 Å². The fraction of sp³-hybridized carbons (Fsp3) is 0.462. The Morgan fingerprint density at radius 3 is 2.55 bits per heavy atom. The number of carbonyl (C=O) groups is 1. The summed E-state index contributed by atoms with van der Waals surface area (Å²) >= 11 is 0. The van der Waals surface area contributed by atoms with Gasteiger partial charge in [0.05, 0.1) is 0 Å². The monoisotopic (exact) mass is 284 g/mol. The number of nitrogens with one attached hydrogen (secondary N) is 1. The minimum absolute atomic E-state index is 0.0510. The Morgan fingerprint density at radius 2 is 2.05 bits per heavy atom. The van der Waals surface area contributed by atoms with E-state index in [1.807, 2.05) is 0 Å². The number of benzene rings is 1. The number of hydrogen-bond acceptors (Lipinski definition) is 4. The first-order chi connectivity index (χ1) is 9.19. The van der Waals surface area contributed by atoms with Crippen molar-refractivity contribution in [1.82, 2.24) is 5.32 Å². The third-order valence-electron chi connectivity index (χ3n) is 2.30. The standard InChI is InChI=1S/C13H17FN2O4/c1-13(2,3)20-12(17)15-11(8-16(18)19)9-6-4-5-7-10(9)14/h4-7,11H,8H2,1-3H3,(H,15,17)/t11-/m1/s1. The molecular weight excluding hydrogens is 267 g/mol. The number of carbonyl (C=O) groups excluding carboxylic acids is 1. The van der Waals surface area contributed by atoms with Gasteiger partial charge in [-0.25, -0.2) is 9.18 Å². The molecule has 0 unspecified atom stereocenters.